The van der Waals surface area contributed by atoms with E-state index in [4.69, 9.17) is 0 Å². The van der Waals surface area contributed by atoms with Gasteiger partial charge in [0.25, 0.3) is 0 Å². The molecule has 22 heavy (non-hydrogen) atoms. The van der Waals surface area contributed by atoms with Crippen LogP contribution in [0.15, 0.2) is 0 Å². The summed E-state index contributed by atoms with van der Waals surface area (Å²) in [5.74, 6) is 1.31. The van der Waals surface area contributed by atoms with E-state index in [1.807, 2.05) is 0 Å². The lowest BCUT2D eigenvalue weighted by Crippen LogP contribution is -2.58. The van der Waals surface area contributed by atoms with Gasteiger partial charge in [0.15, 0.2) is 0 Å². The summed E-state index contributed by atoms with van der Waals surface area (Å²) in [4.78, 5) is 0. The van der Waals surface area contributed by atoms with E-state index in [0.717, 1.165) is 44.9 Å². The Labute approximate surface area is 134 Å². The Balaban J connectivity index is 1.72. The van der Waals surface area contributed by atoms with E-state index in [-0.39, 0.29) is 23.4 Å². The zero-order valence-corrected chi connectivity index (χ0v) is 14.1. The molecule has 0 aromatic heterocycles. The second-order valence-electron chi connectivity index (χ2n) is 9.64. The Morgan fingerprint density at radius 2 is 1.73 bits per heavy atom. The molecule has 4 saturated carbocycles. The van der Waals surface area contributed by atoms with E-state index in [2.05, 4.69) is 13.8 Å². The molecular weight excluding hydrogens is 276 g/mol. The Bertz CT molecular complexity index is 475. The van der Waals surface area contributed by atoms with Crippen LogP contribution in [0.1, 0.15) is 71.6 Å². The first-order chi connectivity index (χ1) is 10.3. The molecule has 4 rings (SSSR count). The molecule has 0 saturated heterocycles. The van der Waals surface area contributed by atoms with Crippen molar-refractivity contribution in [1.82, 2.24) is 0 Å². The maximum Gasteiger partial charge on any atom is 0.0910 e. The minimum Gasteiger partial charge on any atom is -0.393 e. The van der Waals surface area contributed by atoms with Gasteiger partial charge >= 0.3 is 0 Å². The van der Waals surface area contributed by atoms with Crippen LogP contribution in [0.25, 0.3) is 0 Å². The van der Waals surface area contributed by atoms with Gasteiger partial charge in [-0.2, -0.15) is 0 Å². The quantitative estimate of drug-likeness (QED) is 0.698. The second kappa shape index (κ2) is 4.49. The summed E-state index contributed by atoms with van der Waals surface area (Å²) >= 11 is 0. The van der Waals surface area contributed by atoms with Gasteiger partial charge in [-0.15, -0.1) is 0 Å². The summed E-state index contributed by atoms with van der Waals surface area (Å²) in [6.07, 6.45) is 9.62. The van der Waals surface area contributed by atoms with E-state index in [1.54, 1.807) is 0 Å². The molecule has 3 heteroatoms. The lowest BCUT2D eigenvalue weighted by molar-refractivity contribution is -0.180. The van der Waals surface area contributed by atoms with Crippen molar-refractivity contribution >= 4 is 0 Å². The average Bonchev–Trinajstić information content (AvgIpc) is 2.65. The van der Waals surface area contributed by atoms with Crippen molar-refractivity contribution in [2.75, 3.05) is 6.61 Å². The van der Waals surface area contributed by atoms with Gasteiger partial charge in [-0.3, -0.25) is 0 Å². The molecule has 0 radical (unpaired) electrons. The summed E-state index contributed by atoms with van der Waals surface area (Å²) in [6.45, 7) is 4.40. The van der Waals surface area contributed by atoms with E-state index in [0.29, 0.717) is 11.8 Å². The van der Waals surface area contributed by atoms with Crippen molar-refractivity contribution < 1.29 is 15.3 Å². The number of hydrogen-bond donors (Lipinski definition) is 3. The van der Waals surface area contributed by atoms with Crippen molar-refractivity contribution in [1.29, 1.82) is 0 Å². The minimum atomic E-state index is -0.838. The fourth-order valence-corrected chi connectivity index (χ4v) is 7.77. The molecule has 0 aliphatic heterocycles. The van der Waals surface area contributed by atoms with Crippen LogP contribution in [0.4, 0.5) is 0 Å². The van der Waals surface area contributed by atoms with Gasteiger partial charge in [0.1, 0.15) is 0 Å². The highest BCUT2D eigenvalue weighted by atomic mass is 16.3. The predicted molar refractivity (Wildman–Crippen MR) is 85.2 cm³/mol. The van der Waals surface area contributed by atoms with E-state index in [9.17, 15) is 15.3 Å². The lowest BCUT2D eigenvalue weighted by atomic mass is 9.43. The molecule has 2 bridgehead atoms. The van der Waals surface area contributed by atoms with Crippen molar-refractivity contribution in [2.45, 2.75) is 82.8 Å². The Morgan fingerprint density at radius 3 is 2.45 bits per heavy atom. The SMILES string of the molecule is CC1(O)CCCC2(C)C1CCC13CC(CCC12)C(O)(CO)C3. The van der Waals surface area contributed by atoms with Crippen molar-refractivity contribution in [2.24, 2.45) is 28.6 Å². The summed E-state index contributed by atoms with van der Waals surface area (Å²) < 4.78 is 0. The molecule has 0 amide bonds. The molecule has 0 heterocycles. The molecular formula is C19H32O3. The number of rotatable bonds is 1. The maximum atomic E-state index is 11.0. The van der Waals surface area contributed by atoms with Crippen LogP contribution in [0.5, 0.6) is 0 Å². The standard InChI is InChI=1S/C19H32O3/c1-16-7-3-8-17(2,21)14(16)6-9-18-10-13(4-5-15(16)18)19(22,11-18)12-20/h13-15,20-22H,3-12H2,1-2H3. The van der Waals surface area contributed by atoms with Gasteiger partial charge < -0.3 is 15.3 Å². The first-order valence-electron chi connectivity index (χ1n) is 9.31. The highest BCUT2D eigenvalue weighted by Crippen LogP contribution is 2.71. The molecule has 3 N–H and O–H groups in total. The predicted octanol–water partition coefficient (Wildman–Crippen LogP) is 2.87. The zero-order valence-electron chi connectivity index (χ0n) is 14.1. The maximum absolute atomic E-state index is 11.0. The highest BCUT2D eigenvalue weighted by Gasteiger charge is 2.67. The van der Waals surface area contributed by atoms with Crippen LogP contribution >= 0.6 is 0 Å². The summed E-state index contributed by atoms with van der Waals surface area (Å²) in [7, 11) is 0. The molecule has 4 aliphatic carbocycles. The van der Waals surface area contributed by atoms with Crippen molar-refractivity contribution in [3.63, 3.8) is 0 Å². The smallest absolute Gasteiger partial charge is 0.0910 e. The van der Waals surface area contributed by atoms with Gasteiger partial charge in [0.2, 0.25) is 0 Å². The lowest BCUT2D eigenvalue weighted by Gasteiger charge is -2.63. The average molecular weight is 308 g/mol. The van der Waals surface area contributed by atoms with Crippen LogP contribution < -0.4 is 0 Å². The molecule has 4 aliphatic rings. The largest absolute Gasteiger partial charge is 0.393 e. The third kappa shape index (κ3) is 1.79. The molecule has 7 atom stereocenters. The summed E-state index contributed by atoms with van der Waals surface area (Å²) in [5, 5.41) is 31.6. The van der Waals surface area contributed by atoms with Gasteiger partial charge in [0.05, 0.1) is 17.8 Å². The molecule has 1 spiro atoms. The third-order valence-corrected chi connectivity index (χ3v) is 8.56. The first-order valence-corrected chi connectivity index (χ1v) is 9.31. The number of aliphatic hydroxyl groups excluding tert-OH is 1. The highest BCUT2D eigenvalue weighted by molar-refractivity contribution is 5.17. The van der Waals surface area contributed by atoms with Crippen LogP contribution in [-0.4, -0.2) is 33.1 Å². The fraction of sp³-hybridized carbons (Fsp3) is 1.00. The van der Waals surface area contributed by atoms with Crippen LogP contribution in [0.3, 0.4) is 0 Å². The van der Waals surface area contributed by atoms with Gasteiger partial charge in [-0.1, -0.05) is 13.3 Å². The normalized spacial score (nSPS) is 60.7. The van der Waals surface area contributed by atoms with E-state index < -0.39 is 11.2 Å². The molecule has 126 valence electrons. The van der Waals surface area contributed by atoms with Gasteiger partial charge in [-0.25, -0.2) is 0 Å². The van der Waals surface area contributed by atoms with E-state index >= 15 is 0 Å². The molecule has 4 fully saturated rings. The molecule has 0 aromatic rings. The number of hydrogen-bond acceptors (Lipinski definition) is 3. The Kier molecular flexibility index (Phi) is 3.14. The van der Waals surface area contributed by atoms with Crippen molar-refractivity contribution in [3.05, 3.63) is 0 Å². The minimum absolute atomic E-state index is 0.0794. The number of aliphatic hydroxyl groups is 3. The monoisotopic (exact) mass is 308 g/mol. The number of fused-ring (bicyclic) bond motifs is 3. The van der Waals surface area contributed by atoms with Crippen molar-refractivity contribution in [3.8, 4) is 0 Å². The third-order valence-electron chi connectivity index (χ3n) is 8.56. The topological polar surface area (TPSA) is 60.7 Å². The fourth-order valence-electron chi connectivity index (χ4n) is 7.77. The molecule has 7 unspecified atom stereocenters. The molecule has 3 nitrogen and oxygen atoms in total. The summed E-state index contributed by atoms with van der Waals surface area (Å²) in [6, 6.07) is 0. The van der Waals surface area contributed by atoms with Crippen LogP contribution in [-0.2, 0) is 0 Å². The zero-order chi connectivity index (χ0) is 15.8. The second-order valence-corrected chi connectivity index (χ2v) is 9.64. The Morgan fingerprint density at radius 1 is 0.955 bits per heavy atom. The van der Waals surface area contributed by atoms with Gasteiger partial charge in [-0.05, 0) is 86.9 Å². The molecule has 0 aromatic carbocycles. The van der Waals surface area contributed by atoms with Gasteiger partial charge in [0, 0.05) is 0 Å². The van der Waals surface area contributed by atoms with Crippen LogP contribution in [0, 0.1) is 28.6 Å². The Hall–Kier alpha value is -0.120. The van der Waals surface area contributed by atoms with Crippen LogP contribution in [0.2, 0.25) is 0 Å². The van der Waals surface area contributed by atoms with E-state index in [1.165, 1.54) is 12.8 Å². The summed E-state index contributed by atoms with van der Waals surface area (Å²) in [5.41, 5.74) is -0.919. The first kappa shape index (κ1) is 15.4.